The van der Waals surface area contributed by atoms with Gasteiger partial charge in [0.25, 0.3) is 0 Å². The number of anilines is 1. The average molecular weight is 456 g/mol. The Balaban J connectivity index is 1.49. The zero-order valence-electron chi connectivity index (χ0n) is 19.3. The Labute approximate surface area is 192 Å². The summed E-state index contributed by atoms with van der Waals surface area (Å²) in [4.78, 5) is 6.47. The van der Waals surface area contributed by atoms with Gasteiger partial charge in [0.2, 0.25) is 5.88 Å². The fourth-order valence-corrected chi connectivity index (χ4v) is 4.75. The Hall–Kier alpha value is -2.98. The average Bonchev–Trinajstić information content (AvgIpc) is 3.37. The highest BCUT2D eigenvalue weighted by molar-refractivity contribution is 5.71. The van der Waals surface area contributed by atoms with E-state index >= 15 is 0 Å². The maximum Gasteiger partial charge on any atom is 0.250 e. The Morgan fingerprint density at radius 2 is 2.09 bits per heavy atom. The number of methoxy groups -OCH3 is 1. The SMILES string of the molecule is COc1ncc(-c2nn(-c3cnn([C@H](C)C4CCN(C)CC4)c3)c3c2CCOCN3)cc1F. The highest BCUT2D eigenvalue weighted by Gasteiger charge is 2.26. The quantitative estimate of drug-likeness (QED) is 0.633. The van der Waals surface area contributed by atoms with Gasteiger partial charge in [-0.15, -0.1) is 0 Å². The molecule has 1 fully saturated rings. The van der Waals surface area contributed by atoms with Crippen LogP contribution >= 0.6 is 0 Å². The van der Waals surface area contributed by atoms with E-state index in [0.717, 1.165) is 30.2 Å². The second kappa shape index (κ2) is 9.11. The number of piperidine rings is 1. The molecule has 3 aromatic rings. The molecule has 0 radical (unpaired) electrons. The summed E-state index contributed by atoms with van der Waals surface area (Å²) in [5, 5.41) is 12.9. The van der Waals surface area contributed by atoms with E-state index in [0.29, 0.717) is 43.0 Å². The number of ether oxygens (including phenoxy) is 2. The fourth-order valence-electron chi connectivity index (χ4n) is 4.75. The van der Waals surface area contributed by atoms with Crippen LogP contribution in [0.4, 0.5) is 10.2 Å². The summed E-state index contributed by atoms with van der Waals surface area (Å²) in [5.74, 6) is 0.884. The molecule has 0 amide bonds. The number of hydrogen-bond donors (Lipinski definition) is 1. The van der Waals surface area contributed by atoms with Gasteiger partial charge < -0.3 is 19.7 Å². The molecular weight excluding hydrogens is 425 g/mol. The zero-order valence-corrected chi connectivity index (χ0v) is 19.3. The van der Waals surface area contributed by atoms with Gasteiger partial charge in [-0.1, -0.05) is 0 Å². The molecule has 176 valence electrons. The lowest BCUT2D eigenvalue weighted by Crippen LogP contribution is -2.33. The topological polar surface area (TPSA) is 82.3 Å². The van der Waals surface area contributed by atoms with Gasteiger partial charge in [0.1, 0.15) is 18.2 Å². The minimum absolute atomic E-state index is 0.0325. The molecule has 33 heavy (non-hydrogen) atoms. The normalized spacial score (nSPS) is 18.4. The summed E-state index contributed by atoms with van der Waals surface area (Å²) < 4.78 is 28.9. The van der Waals surface area contributed by atoms with Gasteiger partial charge in [-0.05, 0) is 51.9 Å². The molecular formula is C23H30FN7O2. The first-order chi connectivity index (χ1) is 16.0. The van der Waals surface area contributed by atoms with Gasteiger partial charge >= 0.3 is 0 Å². The highest BCUT2D eigenvalue weighted by atomic mass is 19.1. The van der Waals surface area contributed by atoms with Crippen LogP contribution in [0.25, 0.3) is 16.9 Å². The molecule has 0 aliphatic carbocycles. The maximum absolute atomic E-state index is 14.4. The number of aromatic nitrogens is 5. The van der Waals surface area contributed by atoms with Crippen molar-refractivity contribution in [1.82, 2.24) is 29.4 Å². The van der Waals surface area contributed by atoms with Crippen LogP contribution in [0.2, 0.25) is 0 Å². The third-order valence-electron chi connectivity index (χ3n) is 6.79. The van der Waals surface area contributed by atoms with Crippen molar-refractivity contribution in [2.24, 2.45) is 5.92 Å². The molecule has 3 aromatic heterocycles. The molecule has 0 aromatic carbocycles. The summed E-state index contributed by atoms with van der Waals surface area (Å²) >= 11 is 0. The van der Waals surface area contributed by atoms with E-state index < -0.39 is 5.82 Å². The number of likely N-dealkylation sites (tertiary alicyclic amines) is 1. The molecule has 1 atom stereocenters. The lowest BCUT2D eigenvalue weighted by atomic mass is 9.91. The van der Waals surface area contributed by atoms with Crippen molar-refractivity contribution in [2.45, 2.75) is 32.2 Å². The lowest BCUT2D eigenvalue weighted by Gasteiger charge is -2.32. The Morgan fingerprint density at radius 3 is 2.85 bits per heavy atom. The summed E-state index contributed by atoms with van der Waals surface area (Å²) in [5.41, 5.74) is 3.09. The smallest absolute Gasteiger partial charge is 0.250 e. The molecule has 0 bridgehead atoms. The van der Waals surface area contributed by atoms with Crippen LogP contribution < -0.4 is 10.1 Å². The van der Waals surface area contributed by atoms with E-state index in [2.05, 4.69) is 34.3 Å². The molecule has 1 N–H and O–H groups in total. The Morgan fingerprint density at radius 1 is 1.27 bits per heavy atom. The van der Waals surface area contributed by atoms with E-state index in [4.69, 9.17) is 14.6 Å². The van der Waals surface area contributed by atoms with Crippen LogP contribution in [0.1, 0.15) is 31.4 Å². The summed E-state index contributed by atoms with van der Waals surface area (Å²) in [6.07, 6.45) is 8.47. The van der Waals surface area contributed by atoms with Gasteiger partial charge in [0.05, 0.1) is 37.8 Å². The van der Waals surface area contributed by atoms with Crippen molar-refractivity contribution in [3.8, 4) is 22.8 Å². The monoisotopic (exact) mass is 455 g/mol. The minimum Gasteiger partial charge on any atom is -0.479 e. The van der Waals surface area contributed by atoms with Gasteiger partial charge in [-0.3, -0.25) is 4.68 Å². The first-order valence-corrected chi connectivity index (χ1v) is 11.4. The lowest BCUT2D eigenvalue weighted by molar-refractivity contribution is 0.159. The highest BCUT2D eigenvalue weighted by Crippen LogP contribution is 2.34. The third-order valence-corrected chi connectivity index (χ3v) is 6.79. The number of nitrogens with one attached hydrogen (secondary N) is 1. The second-order valence-electron chi connectivity index (χ2n) is 8.84. The minimum atomic E-state index is -0.518. The van der Waals surface area contributed by atoms with E-state index in [-0.39, 0.29) is 5.88 Å². The van der Waals surface area contributed by atoms with Crippen molar-refractivity contribution >= 4 is 5.82 Å². The van der Waals surface area contributed by atoms with E-state index in [1.54, 1.807) is 6.20 Å². The maximum atomic E-state index is 14.4. The molecule has 1 saturated heterocycles. The van der Waals surface area contributed by atoms with Crippen LogP contribution in [0, 0.1) is 11.7 Å². The predicted octanol–water partition coefficient (Wildman–Crippen LogP) is 3.12. The van der Waals surface area contributed by atoms with Crippen molar-refractivity contribution in [2.75, 3.05) is 45.9 Å². The standard InChI is InChI=1S/C23H30FN7O2/c1-15(16-4-7-29(2)8-5-16)30-13-18(12-27-30)31-22-19(6-9-33-14-26-22)21(28-31)17-10-20(24)23(32-3)25-11-17/h10-13,15-16,26H,4-9,14H2,1-3H3/t15-/m1/s1. The van der Waals surface area contributed by atoms with Crippen LogP contribution in [-0.4, -0.2) is 70.0 Å². The summed E-state index contributed by atoms with van der Waals surface area (Å²) in [6.45, 7) is 5.41. The number of hydrogen-bond acceptors (Lipinski definition) is 7. The number of pyridine rings is 1. The van der Waals surface area contributed by atoms with E-state index in [1.165, 1.54) is 26.0 Å². The largest absolute Gasteiger partial charge is 0.479 e. The van der Waals surface area contributed by atoms with Crippen molar-refractivity contribution in [3.05, 3.63) is 36.0 Å². The van der Waals surface area contributed by atoms with Crippen LogP contribution in [-0.2, 0) is 11.2 Å². The van der Waals surface area contributed by atoms with Gasteiger partial charge in [0.15, 0.2) is 5.82 Å². The Bertz CT molecular complexity index is 1120. The predicted molar refractivity (Wildman–Crippen MR) is 122 cm³/mol. The van der Waals surface area contributed by atoms with Gasteiger partial charge in [0, 0.05) is 23.7 Å². The fraction of sp³-hybridized carbons (Fsp3) is 0.522. The van der Waals surface area contributed by atoms with Crippen LogP contribution in [0.3, 0.4) is 0 Å². The van der Waals surface area contributed by atoms with E-state index in [1.807, 2.05) is 21.8 Å². The first-order valence-electron chi connectivity index (χ1n) is 11.4. The molecule has 9 nitrogen and oxygen atoms in total. The number of halogens is 1. The van der Waals surface area contributed by atoms with Gasteiger partial charge in [-0.2, -0.15) is 10.2 Å². The number of nitrogens with zero attached hydrogens (tertiary/aromatic N) is 6. The first kappa shape index (κ1) is 21.8. The number of rotatable bonds is 5. The Kier molecular flexibility index (Phi) is 6.03. The van der Waals surface area contributed by atoms with Gasteiger partial charge in [-0.25, -0.2) is 14.1 Å². The van der Waals surface area contributed by atoms with Crippen molar-refractivity contribution in [1.29, 1.82) is 0 Å². The number of fused-ring (bicyclic) bond motifs is 1. The van der Waals surface area contributed by atoms with Crippen molar-refractivity contribution < 1.29 is 13.9 Å². The molecule has 2 aliphatic rings. The zero-order chi connectivity index (χ0) is 22.9. The molecule has 2 aliphatic heterocycles. The second-order valence-corrected chi connectivity index (χ2v) is 8.84. The molecule has 0 spiro atoms. The molecule has 0 unspecified atom stereocenters. The van der Waals surface area contributed by atoms with Crippen LogP contribution in [0.15, 0.2) is 24.7 Å². The van der Waals surface area contributed by atoms with Crippen LogP contribution in [0.5, 0.6) is 5.88 Å². The molecule has 0 saturated carbocycles. The third kappa shape index (κ3) is 4.20. The summed E-state index contributed by atoms with van der Waals surface area (Å²) in [6, 6.07) is 1.72. The summed E-state index contributed by atoms with van der Waals surface area (Å²) in [7, 11) is 3.58. The molecule has 10 heteroatoms. The van der Waals surface area contributed by atoms with E-state index in [9.17, 15) is 4.39 Å². The molecule has 5 heterocycles. The molecule has 5 rings (SSSR count). The van der Waals surface area contributed by atoms with Crippen molar-refractivity contribution in [3.63, 3.8) is 0 Å².